The van der Waals surface area contributed by atoms with Crippen LogP contribution >= 0.6 is 0 Å². The quantitative estimate of drug-likeness (QED) is 0.256. The first kappa shape index (κ1) is 16.7. The van der Waals surface area contributed by atoms with Gasteiger partial charge in [-0.25, -0.2) is 0 Å². The van der Waals surface area contributed by atoms with E-state index in [1.165, 1.54) is 12.8 Å². The molecule has 0 fully saturated rings. The Morgan fingerprint density at radius 3 is 2.67 bits per heavy atom. The van der Waals surface area contributed by atoms with Crippen molar-refractivity contribution in [2.75, 3.05) is 13.1 Å². The molecule has 0 aliphatic rings. The Bertz CT molecular complexity index is 288. The van der Waals surface area contributed by atoms with Crippen molar-refractivity contribution in [3.8, 4) is 0 Å². The number of nitrogens with two attached hydrogens (primary N) is 1. The Morgan fingerprint density at radius 2 is 2.11 bits per heavy atom. The van der Waals surface area contributed by atoms with Crippen LogP contribution in [0.3, 0.4) is 0 Å². The van der Waals surface area contributed by atoms with Crippen LogP contribution in [0.4, 0.5) is 0 Å². The minimum Gasteiger partial charge on any atom is -0.368 e. The predicted molar refractivity (Wildman–Crippen MR) is 73.0 cm³/mol. The van der Waals surface area contributed by atoms with Gasteiger partial charge in [-0.1, -0.05) is 37.7 Å². The minimum absolute atomic E-state index is 0.317. The number of rotatable bonds is 11. The van der Waals surface area contributed by atoms with E-state index in [9.17, 15) is 4.79 Å². The average Bonchev–Trinajstić information content (AvgIpc) is 2.34. The predicted octanol–water partition coefficient (Wildman–Crippen LogP) is 2.49. The summed E-state index contributed by atoms with van der Waals surface area (Å²) in [5, 5.41) is 6.62. The summed E-state index contributed by atoms with van der Waals surface area (Å²) in [6.45, 7) is 5.07. The molecule has 0 saturated carbocycles. The smallest absolute Gasteiger partial charge is 0.237 e. The largest absolute Gasteiger partial charge is 0.368 e. The van der Waals surface area contributed by atoms with Crippen molar-refractivity contribution in [1.29, 1.82) is 0 Å². The van der Waals surface area contributed by atoms with E-state index in [-0.39, 0.29) is 5.91 Å². The Hall–Kier alpha value is -1.26. The number of hydrogen-bond donors (Lipinski definition) is 2. The number of carbonyl (C=O) groups excluding carboxylic acids is 1. The summed E-state index contributed by atoms with van der Waals surface area (Å²) in [5.74, 6) is -0.317. The maximum atomic E-state index is 11.5. The molecule has 6 heteroatoms. The lowest BCUT2D eigenvalue weighted by atomic mass is 9.93. The number of unbranched alkanes of at least 4 members (excludes halogenated alkanes) is 3. The van der Waals surface area contributed by atoms with Crippen LogP contribution in [0.25, 0.3) is 10.4 Å². The van der Waals surface area contributed by atoms with E-state index in [1.807, 2.05) is 6.92 Å². The minimum atomic E-state index is -0.649. The zero-order chi connectivity index (χ0) is 13.9. The topological polar surface area (TPSA) is 104 Å². The first-order valence-electron chi connectivity index (χ1n) is 6.62. The number of primary amides is 1. The zero-order valence-corrected chi connectivity index (χ0v) is 11.5. The van der Waals surface area contributed by atoms with Crippen LogP contribution in [0.1, 0.15) is 52.4 Å². The third kappa shape index (κ3) is 7.14. The van der Waals surface area contributed by atoms with Gasteiger partial charge in [0.1, 0.15) is 0 Å². The van der Waals surface area contributed by atoms with Crippen molar-refractivity contribution in [1.82, 2.24) is 5.32 Å². The molecule has 0 aromatic carbocycles. The van der Waals surface area contributed by atoms with Crippen molar-refractivity contribution in [3.05, 3.63) is 10.4 Å². The highest BCUT2D eigenvalue weighted by atomic mass is 16.1. The van der Waals surface area contributed by atoms with Crippen molar-refractivity contribution in [2.24, 2.45) is 10.8 Å². The van der Waals surface area contributed by atoms with Crippen LogP contribution in [-0.2, 0) is 4.79 Å². The molecule has 0 aliphatic heterocycles. The molecule has 1 amide bonds. The molecular formula is C12H25N5O. The lowest BCUT2D eigenvalue weighted by Gasteiger charge is -2.27. The van der Waals surface area contributed by atoms with Gasteiger partial charge in [0, 0.05) is 11.5 Å². The van der Waals surface area contributed by atoms with E-state index >= 15 is 0 Å². The zero-order valence-electron chi connectivity index (χ0n) is 11.5. The van der Waals surface area contributed by atoms with Gasteiger partial charge >= 0.3 is 0 Å². The lowest BCUT2D eigenvalue weighted by molar-refractivity contribution is -0.124. The molecule has 6 nitrogen and oxygen atoms in total. The van der Waals surface area contributed by atoms with Crippen LogP contribution in [0, 0.1) is 0 Å². The molecule has 18 heavy (non-hydrogen) atoms. The highest BCUT2D eigenvalue weighted by Crippen LogP contribution is 2.15. The molecule has 0 heterocycles. The molecule has 0 aromatic heterocycles. The number of nitrogens with zero attached hydrogens (tertiary/aromatic N) is 3. The number of hydrogen-bond acceptors (Lipinski definition) is 3. The van der Waals surface area contributed by atoms with E-state index in [0.29, 0.717) is 19.5 Å². The second kappa shape index (κ2) is 9.74. The van der Waals surface area contributed by atoms with Crippen molar-refractivity contribution < 1.29 is 4.79 Å². The highest BCUT2D eigenvalue weighted by Gasteiger charge is 2.29. The van der Waals surface area contributed by atoms with Gasteiger partial charge in [0.05, 0.1) is 5.54 Å². The number of amides is 1. The molecule has 0 radical (unpaired) electrons. The van der Waals surface area contributed by atoms with Gasteiger partial charge in [0.2, 0.25) is 5.91 Å². The summed E-state index contributed by atoms with van der Waals surface area (Å²) in [7, 11) is 0. The van der Waals surface area contributed by atoms with Crippen molar-refractivity contribution in [3.63, 3.8) is 0 Å². The van der Waals surface area contributed by atoms with Gasteiger partial charge in [0.15, 0.2) is 0 Å². The molecule has 0 bridgehead atoms. The summed E-state index contributed by atoms with van der Waals surface area (Å²) in [6.07, 6.45) is 5.95. The maximum absolute atomic E-state index is 11.5. The Kier molecular flexibility index (Phi) is 9.06. The standard InChI is InChI=1S/C12H25N5O/c1-3-4-5-6-8-12(2,11(13)18)15-9-7-10-16-17-14/h15H,3-10H2,1-2H3,(H2,13,18). The lowest BCUT2D eigenvalue weighted by Crippen LogP contribution is -2.53. The van der Waals surface area contributed by atoms with Gasteiger partial charge < -0.3 is 11.1 Å². The van der Waals surface area contributed by atoms with E-state index in [2.05, 4.69) is 22.3 Å². The van der Waals surface area contributed by atoms with Gasteiger partial charge in [-0.3, -0.25) is 4.79 Å². The van der Waals surface area contributed by atoms with Crippen LogP contribution in [0.2, 0.25) is 0 Å². The molecule has 0 spiro atoms. The summed E-state index contributed by atoms with van der Waals surface area (Å²) in [4.78, 5) is 14.2. The van der Waals surface area contributed by atoms with Crippen LogP contribution in [-0.4, -0.2) is 24.5 Å². The van der Waals surface area contributed by atoms with Crippen molar-refractivity contribution in [2.45, 2.75) is 57.9 Å². The summed E-state index contributed by atoms with van der Waals surface area (Å²) >= 11 is 0. The first-order chi connectivity index (χ1) is 8.56. The van der Waals surface area contributed by atoms with Gasteiger partial charge in [-0.15, -0.1) is 0 Å². The van der Waals surface area contributed by atoms with Gasteiger partial charge in [-0.05, 0) is 31.8 Å². The normalized spacial score (nSPS) is 13.7. The van der Waals surface area contributed by atoms with E-state index < -0.39 is 5.54 Å². The fraction of sp³-hybridized carbons (Fsp3) is 0.917. The molecule has 0 aromatic rings. The van der Waals surface area contributed by atoms with Gasteiger partial charge in [-0.2, -0.15) is 0 Å². The molecule has 1 atom stereocenters. The summed E-state index contributed by atoms with van der Waals surface area (Å²) < 4.78 is 0. The molecule has 0 rings (SSSR count). The SMILES string of the molecule is CCCCCCC(C)(NCCCN=[N+]=[N-])C(N)=O. The fourth-order valence-corrected chi connectivity index (χ4v) is 1.76. The van der Waals surface area contributed by atoms with Crippen molar-refractivity contribution >= 4 is 5.91 Å². The Morgan fingerprint density at radius 1 is 1.39 bits per heavy atom. The summed E-state index contributed by atoms with van der Waals surface area (Å²) in [6, 6.07) is 0. The molecule has 1 unspecified atom stereocenters. The van der Waals surface area contributed by atoms with E-state index in [1.54, 1.807) is 0 Å². The average molecular weight is 255 g/mol. The summed E-state index contributed by atoms with van der Waals surface area (Å²) in [5.41, 5.74) is 12.9. The molecule has 0 aliphatic carbocycles. The van der Waals surface area contributed by atoms with E-state index in [0.717, 1.165) is 19.3 Å². The molecular weight excluding hydrogens is 230 g/mol. The third-order valence-corrected chi connectivity index (χ3v) is 3.09. The Balaban J connectivity index is 4.01. The number of nitrogens with one attached hydrogen (secondary N) is 1. The van der Waals surface area contributed by atoms with Crippen LogP contribution < -0.4 is 11.1 Å². The van der Waals surface area contributed by atoms with E-state index in [4.69, 9.17) is 11.3 Å². The second-order valence-corrected chi connectivity index (χ2v) is 4.74. The van der Waals surface area contributed by atoms with Crippen LogP contribution in [0.5, 0.6) is 0 Å². The molecule has 104 valence electrons. The monoisotopic (exact) mass is 255 g/mol. The molecule has 3 N–H and O–H groups in total. The molecule has 0 saturated heterocycles. The fourth-order valence-electron chi connectivity index (χ4n) is 1.76. The highest BCUT2D eigenvalue weighted by molar-refractivity contribution is 5.84. The second-order valence-electron chi connectivity index (χ2n) is 4.74. The van der Waals surface area contributed by atoms with Gasteiger partial charge in [0.25, 0.3) is 0 Å². The first-order valence-corrected chi connectivity index (χ1v) is 6.62. The number of carbonyl (C=O) groups is 1. The van der Waals surface area contributed by atoms with Crippen LogP contribution in [0.15, 0.2) is 5.11 Å². The maximum Gasteiger partial charge on any atom is 0.237 e. The number of azide groups is 1. The Labute approximate surface area is 109 Å². The third-order valence-electron chi connectivity index (χ3n) is 3.09.